The van der Waals surface area contributed by atoms with Gasteiger partial charge in [-0.3, -0.25) is 9.59 Å². The van der Waals surface area contributed by atoms with Crippen molar-refractivity contribution in [2.75, 3.05) is 6.61 Å². The summed E-state index contributed by atoms with van der Waals surface area (Å²) in [4.78, 5) is 23.1. The quantitative estimate of drug-likeness (QED) is 0.577. The molecule has 0 amide bonds. The van der Waals surface area contributed by atoms with Crippen molar-refractivity contribution in [2.24, 2.45) is 5.92 Å². The molecule has 3 rings (SSSR count). The minimum absolute atomic E-state index is 0.0376. The Labute approximate surface area is 98.5 Å². The van der Waals surface area contributed by atoms with Gasteiger partial charge in [0.1, 0.15) is 11.5 Å². The maximum absolute atomic E-state index is 11.6. The number of esters is 1. The van der Waals surface area contributed by atoms with E-state index in [4.69, 9.17) is 9.47 Å². The van der Waals surface area contributed by atoms with Gasteiger partial charge < -0.3 is 9.47 Å². The van der Waals surface area contributed by atoms with Gasteiger partial charge >= 0.3 is 5.97 Å². The van der Waals surface area contributed by atoms with Crippen LogP contribution in [0.15, 0.2) is 18.2 Å². The van der Waals surface area contributed by atoms with Crippen LogP contribution in [0.25, 0.3) is 0 Å². The molecule has 1 aliphatic heterocycles. The van der Waals surface area contributed by atoms with Crippen LogP contribution in [0.3, 0.4) is 0 Å². The molecule has 0 atom stereocenters. The minimum atomic E-state index is -0.200. The summed E-state index contributed by atoms with van der Waals surface area (Å²) in [6.07, 6.45) is 2.20. The van der Waals surface area contributed by atoms with E-state index in [2.05, 4.69) is 0 Å². The predicted octanol–water partition coefficient (Wildman–Crippen LogP) is 1.97. The monoisotopic (exact) mass is 232 g/mol. The molecular formula is C13H12O4. The van der Waals surface area contributed by atoms with E-state index >= 15 is 0 Å². The number of benzene rings is 1. The lowest BCUT2D eigenvalue weighted by Crippen LogP contribution is -2.16. The summed E-state index contributed by atoms with van der Waals surface area (Å²) < 4.78 is 10.6. The van der Waals surface area contributed by atoms with Crippen LogP contribution < -0.4 is 9.47 Å². The van der Waals surface area contributed by atoms with E-state index in [9.17, 15) is 9.59 Å². The average molecular weight is 232 g/mol. The van der Waals surface area contributed by atoms with Crippen molar-refractivity contribution in [3.8, 4) is 11.5 Å². The highest BCUT2D eigenvalue weighted by molar-refractivity contribution is 6.00. The lowest BCUT2D eigenvalue weighted by molar-refractivity contribution is -0.135. The number of hydrogen-bond acceptors (Lipinski definition) is 4. The molecule has 0 saturated heterocycles. The summed E-state index contributed by atoms with van der Waals surface area (Å²) >= 11 is 0. The molecule has 1 aromatic rings. The first kappa shape index (κ1) is 10.3. The van der Waals surface area contributed by atoms with Crippen LogP contribution >= 0.6 is 0 Å². The van der Waals surface area contributed by atoms with Gasteiger partial charge in [0.2, 0.25) is 0 Å². The Balaban J connectivity index is 1.83. The lowest BCUT2D eigenvalue weighted by Gasteiger charge is -2.16. The normalized spacial score (nSPS) is 18.2. The Hall–Kier alpha value is -1.84. The van der Waals surface area contributed by atoms with Crippen LogP contribution in [0.4, 0.5) is 0 Å². The third kappa shape index (κ3) is 2.02. The van der Waals surface area contributed by atoms with E-state index < -0.39 is 0 Å². The van der Waals surface area contributed by atoms with E-state index in [-0.39, 0.29) is 17.7 Å². The fourth-order valence-electron chi connectivity index (χ4n) is 1.82. The van der Waals surface area contributed by atoms with Crippen LogP contribution in [0.5, 0.6) is 11.5 Å². The first-order chi connectivity index (χ1) is 8.24. The average Bonchev–Trinajstić information content (AvgIpc) is 3.14. The molecule has 0 bridgehead atoms. The molecule has 0 spiro atoms. The molecule has 17 heavy (non-hydrogen) atoms. The number of hydrogen-bond donors (Lipinski definition) is 0. The van der Waals surface area contributed by atoms with Gasteiger partial charge in [-0.25, -0.2) is 0 Å². The molecule has 1 aromatic carbocycles. The Morgan fingerprint density at radius 3 is 2.94 bits per heavy atom. The molecule has 1 fully saturated rings. The summed E-state index contributed by atoms with van der Waals surface area (Å²) in [6.45, 7) is 0.424. The van der Waals surface area contributed by atoms with Crippen molar-refractivity contribution in [2.45, 2.75) is 19.3 Å². The highest BCUT2D eigenvalue weighted by Gasteiger charge is 2.32. The van der Waals surface area contributed by atoms with Gasteiger partial charge in [0.25, 0.3) is 0 Å². The number of ether oxygens (including phenoxy) is 2. The number of carbonyl (C=O) groups excluding carboxylic acids is 2. The van der Waals surface area contributed by atoms with Crippen LogP contribution in [-0.2, 0) is 4.79 Å². The van der Waals surface area contributed by atoms with Gasteiger partial charge in [0.15, 0.2) is 5.78 Å². The van der Waals surface area contributed by atoms with Crippen LogP contribution in [0.2, 0.25) is 0 Å². The van der Waals surface area contributed by atoms with Crippen LogP contribution in [0.1, 0.15) is 29.6 Å². The zero-order valence-electron chi connectivity index (χ0n) is 9.27. The maximum atomic E-state index is 11.6. The molecule has 4 nitrogen and oxygen atoms in total. The lowest BCUT2D eigenvalue weighted by atomic mass is 10.0. The van der Waals surface area contributed by atoms with Gasteiger partial charge in [-0.15, -0.1) is 0 Å². The molecule has 1 saturated carbocycles. The third-order valence-corrected chi connectivity index (χ3v) is 2.97. The van der Waals surface area contributed by atoms with Gasteiger partial charge in [-0.2, -0.15) is 0 Å². The molecule has 88 valence electrons. The summed E-state index contributed by atoms with van der Waals surface area (Å²) in [5, 5.41) is 0. The van der Waals surface area contributed by atoms with Gasteiger partial charge in [0.05, 0.1) is 18.1 Å². The van der Waals surface area contributed by atoms with Crippen LogP contribution in [0, 0.1) is 5.92 Å². The van der Waals surface area contributed by atoms with Gasteiger partial charge in [-0.1, -0.05) is 0 Å². The van der Waals surface area contributed by atoms with E-state index in [0.717, 1.165) is 12.8 Å². The first-order valence-electron chi connectivity index (χ1n) is 5.76. The fourth-order valence-corrected chi connectivity index (χ4v) is 1.82. The smallest absolute Gasteiger partial charge is 0.314 e. The first-order valence-corrected chi connectivity index (χ1v) is 5.76. The number of rotatable bonds is 2. The van der Waals surface area contributed by atoms with Crippen molar-refractivity contribution >= 4 is 11.8 Å². The van der Waals surface area contributed by atoms with Crippen molar-refractivity contribution in [3.05, 3.63) is 23.8 Å². The Bertz CT molecular complexity index is 488. The van der Waals surface area contributed by atoms with Gasteiger partial charge in [-0.05, 0) is 31.0 Å². The summed E-state index contributed by atoms with van der Waals surface area (Å²) in [7, 11) is 0. The maximum Gasteiger partial charge on any atom is 0.314 e. The number of Topliss-reactive ketones (excluding diaryl/α,β-unsaturated/α-hetero) is 1. The Kier molecular flexibility index (Phi) is 2.35. The fraction of sp³-hybridized carbons (Fsp3) is 0.385. The summed E-state index contributed by atoms with van der Waals surface area (Å²) in [5.74, 6) is 0.898. The molecule has 4 heteroatoms. The molecule has 0 N–H and O–H groups in total. The number of ketones is 1. The number of carbonyl (C=O) groups is 2. The number of fused-ring (bicyclic) bond motifs is 1. The summed E-state index contributed by atoms with van der Waals surface area (Å²) in [6, 6.07) is 4.94. The Morgan fingerprint density at radius 2 is 2.18 bits per heavy atom. The van der Waals surface area contributed by atoms with Crippen molar-refractivity contribution in [1.29, 1.82) is 0 Å². The summed E-state index contributed by atoms with van der Waals surface area (Å²) in [5.41, 5.74) is 0.511. The largest absolute Gasteiger partial charge is 0.492 e. The van der Waals surface area contributed by atoms with Gasteiger partial charge in [0, 0.05) is 6.42 Å². The standard InChI is InChI=1S/C13H12O4/c14-11-5-6-16-12-4-3-9(7-10(11)12)17-13(15)8-1-2-8/h3-4,7-8H,1-2,5-6H2. The predicted molar refractivity (Wildman–Crippen MR) is 59.2 cm³/mol. The molecule has 2 aliphatic rings. The zero-order chi connectivity index (χ0) is 11.8. The highest BCUT2D eigenvalue weighted by Crippen LogP contribution is 2.33. The van der Waals surface area contributed by atoms with Crippen molar-refractivity contribution < 1.29 is 19.1 Å². The highest BCUT2D eigenvalue weighted by atomic mass is 16.5. The molecule has 1 aliphatic carbocycles. The SMILES string of the molecule is O=C1CCOc2ccc(OC(=O)C3CC3)cc21. The van der Waals surface area contributed by atoms with E-state index in [1.807, 2.05) is 0 Å². The molecule has 0 aromatic heterocycles. The van der Waals surface area contributed by atoms with Crippen LogP contribution in [-0.4, -0.2) is 18.4 Å². The van der Waals surface area contributed by atoms with Crippen molar-refractivity contribution in [3.63, 3.8) is 0 Å². The van der Waals surface area contributed by atoms with E-state index in [1.54, 1.807) is 18.2 Å². The Morgan fingerprint density at radius 1 is 1.35 bits per heavy atom. The second-order valence-corrected chi connectivity index (χ2v) is 4.37. The van der Waals surface area contributed by atoms with Crippen molar-refractivity contribution in [1.82, 2.24) is 0 Å². The molecule has 0 unspecified atom stereocenters. The second kappa shape index (κ2) is 3.87. The molecule has 1 heterocycles. The minimum Gasteiger partial charge on any atom is -0.492 e. The second-order valence-electron chi connectivity index (χ2n) is 4.37. The molecule has 0 radical (unpaired) electrons. The topological polar surface area (TPSA) is 52.6 Å². The molecular weight excluding hydrogens is 220 g/mol. The van der Waals surface area contributed by atoms with E-state index in [0.29, 0.717) is 30.1 Å². The third-order valence-electron chi connectivity index (χ3n) is 2.97. The zero-order valence-corrected chi connectivity index (χ0v) is 9.27. The van der Waals surface area contributed by atoms with E-state index in [1.165, 1.54) is 0 Å².